The Balaban J connectivity index is 4.00. The third-order valence-corrected chi connectivity index (χ3v) is 11.3. The smallest absolute Gasteiger partial charge is 0.361 e. The summed E-state index contributed by atoms with van der Waals surface area (Å²) in [5, 5.41) is 9.63. The predicted molar refractivity (Wildman–Crippen MR) is 272 cm³/mol. The second-order valence-corrected chi connectivity index (χ2v) is 18.8. The third-order valence-electron chi connectivity index (χ3n) is 11.3. The number of nitrogens with zero attached hydrogens (tertiary/aromatic N) is 1. The zero-order valence-electron chi connectivity index (χ0n) is 42.6. The molecule has 0 spiro atoms. The van der Waals surface area contributed by atoms with Gasteiger partial charge < -0.3 is 28.5 Å². The van der Waals surface area contributed by atoms with Crippen LogP contribution in [0.1, 0.15) is 219 Å². The van der Waals surface area contributed by atoms with Crippen LogP contribution in [0.4, 0.5) is 0 Å². The Labute approximate surface area is 399 Å². The van der Waals surface area contributed by atoms with Crippen LogP contribution in [0.2, 0.25) is 0 Å². The molecule has 9 heteroatoms. The predicted octanol–water partition coefficient (Wildman–Crippen LogP) is 14.9. The van der Waals surface area contributed by atoms with Crippen LogP contribution in [0.3, 0.4) is 0 Å². The number of carbonyl (C=O) groups is 3. The van der Waals surface area contributed by atoms with Crippen LogP contribution < -0.4 is 0 Å². The minimum atomic E-state index is -1.51. The molecule has 0 aromatic rings. The van der Waals surface area contributed by atoms with Crippen LogP contribution in [0.15, 0.2) is 60.8 Å². The second-order valence-electron chi connectivity index (χ2n) is 18.8. The monoisotopic (exact) mass is 915 g/mol. The molecule has 2 atom stereocenters. The Morgan fingerprint density at radius 3 is 1.31 bits per heavy atom. The summed E-state index contributed by atoms with van der Waals surface area (Å²) in [6.45, 7) is 4.71. The van der Waals surface area contributed by atoms with E-state index in [2.05, 4.69) is 74.6 Å². The Morgan fingerprint density at radius 1 is 0.477 bits per heavy atom. The molecule has 0 amide bonds. The van der Waals surface area contributed by atoms with Crippen LogP contribution in [0.25, 0.3) is 0 Å². The molecule has 2 unspecified atom stereocenters. The first-order valence-corrected chi connectivity index (χ1v) is 26.5. The van der Waals surface area contributed by atoms with E-state index < -0.39 is 24.3 Å². The lowest BCUT2D eigenvalue weighted by atomic mass is 10.0. The quantitative estimate of drug-likeness (QED) is 0.0211. The number of aliphatic carboxylic acids is 1. The Kier molecular flexibility index (Phi) is 45.3. The van der Waals surface area contributed by atoms with E-state index in [0.717, 1.165) is 70.6 Å². The lowest BCUT2D eigenvalue weighted by molar-refractivity contribution is -0.870. The van der Waals surface area contributed by atoms with Crippen molar-refractivity contribution >= 4 is 17.9 Å². The van der Waals surface area contributed by atoms with Crippen molar-refractivity contribution in [3.8, 4) is 0 Å². The summed E-state index contributed by atoms with van der Waals surface area (Å²) in [6.07, 6.45) is 56.2. The van der Waals surface area contributed by atoms with E-state index in [1.54, 1.807) is 0 Å². The summed E-state index contributed by atoms with van der Waals surface area (Å²) in [4.78, 5) is 37.0. The van der Waals surface area contributed by atoms with Gasteiger partial charge in [-0.2, -0.15) is 0 Å². The van der Waals surface area contributed by atoms with Gasteiger partial charge in [0.2, 0.25) is 0 Å². The van der Waals surface area contributed by atoms with E-state index in [1.807, 2.05) is 21.1 Å². The first kappa shape index (κ1) is 62.0. The van der Waals surface area contributed by atoms with Crippen LogP contribution in [-0.4, -0.2) is 87.4 Å². The standard InChI is InChI=1S/C56H99NO8/c1-6-8-10-12-14-15-16-17-18-19-20-21-22-23-24-25-26-27-28-29-30-31-32-33-34-35-36-37-38-39-41-43-45-47-54(59)65-52(50-63-53(58)46-44-42-40-13-11-9-7-2)51-64-56(55(60)61)62-49-48-57(3,4)5/h8,10,14-15,17-18,20-21,23-24,52,56H,6-7,9,11-13,16,19,22,25-51H2,1-5H3/p+1/b10-8-,15-14-,18-17-,21-20-,24-23-. The van der Waals surface area contributed by atoms with E-state index in [4.69, 9.17) is 18.9 Å². The largest absolute Gasteiger partial charge is 0.477 e. The number of unbranched alkanes of at least 4 members (excludes halogenated alkanes) is 23. The Morgan fingerprint density at radius 2 is 0.877 bits per heavy atom. The summed E-state index contributed by atoms with van der Waals surface area (Å²) in [6, 6.07) is 0. The van der Waals surface area contributed by atoms with Gasteiger partial charge in [0.15, 0.2) is 6.10 Å². The molecule has 9 nitrogen and oxygen atoms in total. The normalized spacial score (nSPS) is 13.3. The number of carboxylic acid groups (broad SMARTS) is 1. The highest BCUT2D eigenvalue weighted by Crippen LogP contribution is 2.16. The van der Waals surface area contributed by atoms with Gasteiger partial charge >= 0.3 is 17.9 Å². The lowest BCUT2D eigenvalue weighted by Gasteiger charge is -2.25. The van der Waals surface area contributed by atoms with Gasteiger partial charge in [0.1, 0.15) is 13.2 Å². The van der Waals surface area contributed by atoms with Crippen molar-refractivity contribution in [1.82, 2.24) is 0 Å². The maximum atomic E-state index is 12.8. The molecule has 376 valence electrons. The van der Waals surface area contributed by atoms with Gasteiger partial charge in [-0.25, -0.2) is 4.79 Å². The maximum Gasteiger partial charge on any atom is 0.361 e. The summed E-state index contributed by atoms with van der Waals surface area (Å²) in [7, 11) is 5.95. The molecule has 0 aliphatic heterocycles. The molecule has 0 fully saturated rings. The molecular formula is C56H100NO8+. The second kappa shape index (κ2) is 47.5. The molecule has 0 aromatic heterocycles. The Bertz CT molecular complexity index is 1250. The fourth-order valence-electron chi connectivity index (χ4n) is 7.22. The zero-order chi connectivity index (χ0) is 47.7. The number of carbonyl (C=O) groups excluding carboxylic acids is 2. The molecule has 0 saturated carbocycles. The van der Waals surface area contributed by atoms with Crippen molar-refractivity contribution < 1.29 is 42.9 Å². The van der Waals surface area contributed by atoms with Crippen LogP contribution >= 0.6 is 0 Å². The van der Waals surface area contributed by atoms with Crippen molar-refractivity contribution in [3.63, 3.8) is 0 Å². The highest BCUT2D eigenvalue weighted by molar-refractivity contribution is 5.71. The van der Waals surface area contributed by atoms with Gasteiger partial charge in [0.05, 0.1) is 34.4 Å². The van der Waals surface area contributed by atoms with Crippen LogP contribution in [0, 0.1) is 0 Å². The van der Waals surface area contributed by atoms with Crippen molar-refractivity contribution in [1.29, 1.82) is 0 Å². The van der Waals surface area contributed by atoms with E-state index >= 15 is 0 Å². The summed E-state index contributed by atoms with van der Waals surface area (Å²) >= 11 is 0. The molecule has 0 aromatic carbocycles. The number of esters is 2. The molecule has 0 heterocycles. The number of likely N-dealkylation sites (N-methyl/N-ethyl adjacent to an activating group) is 1. The summed E-state index contributed by atoms with van der Waals surface area (Å²) in [5.74, 6) is -2.01. The SMILES string of the molecule is CC/C=C\C/C=C\C/C=C\C/C=C\C/C=C\CCCCCCCCCCCCCCCCCCCC(=O)OC(COC(=O)CCCCCCCCC)COC(OCC[N+](C)(C)C)C(=O)O. The molecule has 0 radical (unpaired) electrons. The van der Waals surface area contributed by atoms with Gasteiger partial charge in [0, 0.05) is 12.8 Å². The van der Waals surface area contributed by atoms with Crippen molar-refractivity contribution in [3.05, 3.63) is 60.8 Å². The fraction of sp³-hybridized carbons (Fsp3) is 0.768. The molecule has 65 heavy (non-hydrogen) atoms. The van der Waals surface area contributed by atoms with Crippen molar-refractivity contribution in [2.45, 2.75) is 232 Å². The average Bonchev–Trinajstić information content (AvgIpc) is 3.27. The van der Waals surface area contributed by atoms with Crippen LogP contribution in [0.5, 0.6) is 0 Å². The number of quaternary nitrogens is 1. The number of carboxylic acids is 1. The van der Waals surface area contributed by atoms with Gasteiger partial charge in [-0.15, -0.1) is 0 Å². The molecule has 1 N–H and O–H groups in total. The van der Waals surface area contributed by atoms with E-state index in [9.17, 15) is 19.5 Å². The molecular weight excluding hydrogens is 815 g/mol. The minimum Gasteiger partial charge on any atom is -0.477 e. The third kappa shape index (κ3) is 48.7. The van der Waals surface area contributed by atoms with Gasteiger partial charge in [-0.3, -0.25) is 9.59 Å². The van der Waals surface area contributed by atoms with Crippen molar-refractivity contribution in [2.24, 2.45) is 0 Å². The van der Waals surface area contributed by atoms with E-state index in [1.165, 1.54) is 122 Å². The van der Waals surface area contributed by atoms with Gasteiger partial charge in [0.25, 0.3) is 6.29 Å². The maximum absolute atomic E-state index is 12.8. The van der Waals surface area contributed by atoms with E-state index in [0.29, 0.717) is 17.4 Å². The van der Waals surface area contributed by atoms with Gasteiger partial charge in [-0.1, -0.05) is 209 Å². The molecule has 0 bridgehead atoms. The number of allylic oxidation sites excluding steroid dienone is 10. The number of ether oxygens (including phenoxy) is 4. The average molecular weight is 915 g/mol. The lowest BCUT2D eigenvalue weighted by Crippen LogP contribution is -2.40. The summed E-state index contributed by atoms with van der Waals surface area (Å²) in [5.41, 5.74) is 0. The fourth-order valence-corrected chi connectivity index (χ4v) is 7.22. The topological polar surface area (TPSA) is 108 Å². The minimum absolute atomic E-state index is 0.180. The first-order valence-electron chi connectivity index (χ1n) is 26.5. The molecule has 0 rings (SSSR count). The number of hydrogen-bond acceptors (Lipinski definition) is 7. The molecule has 0 aliphatic rings. The Hall–Kier alpha value is -3.01. The van der Waals surface area contributed by atoms with Crippen molar-refractivity contribution in [2.75, 3.05) is 47.5 Å². The van der Waals surface area contributed by atoms with Crippen LogP contribution in [-0.2, 0) is 33.3 Å². The molecule has 0 aliphatic carbocycles. The summed E-state index contributed by atoms with van der Waals surface area (Å²) < 4.78 is 22.7. The highest BCUT2D eigenvalue weighted by Gasteiger charge is 2.25. The molecule has 0 saturated heterocycles. The van der Waals surface area contributed by atoms with E-state index in [-0.39, 0.29) is 32.2 Å². The zero-order valence-corrected chi connectivity index (χ0v) is 42.6. The number of hydrogen-bond donors (Lipinski definition) is 1. The number of rotatable bonds is 48. The highest BCUT2D eigenvalue weighted by atomic mass is 16.7. The first-order chi connectivity index (χ1) is 31.6. The van der Waals surface area contributed by atoms with Gasteiger partial charge in [-0.05, 0) is 57.8 Å².